The van der Waals surface area contributed by atoms with E-state index in [1.54, 1.807) is 12.3 Å². The molecular formula is C10H11N5O2. The normalized spacial score (nSPS) is 24.1. The standard InChI is InChI=1S/C10H11N5O2/c11-10(2-4-16-5-10)9-14-8(15-17-9)7-1-3-12-6-13-7/h1,3,6H,2,4-5,11H2. The molecule has 2 aromatic heterocycles. The summed E-state index contributed by atoms with van der Waals surface area (Å²) in [6.07, 6.45) is 3.73. The van der Waals surface area contributed by atoms with Gasteiger partial charge in [0.15, 0.2) is 0 Å². The van der Waals surface area contributed by atoms with Crippen molar-refractivity contribution >= 4 is 0 Å². The smallest absolute Gasteiger partial charge is 0.249 e. The van der Waals surface area contributed by atoms with Crippen LogP contribution >= 0.6 is 0 Å². The fourth-order valence-electron chi connectivity index (χ4n) is 1.70. The summed E-state index contributed by atoms with van der Waals surface area (Å²) in [5, 5.41) is 3.86. The molecule has 0 saturated carbocycles. The Kier molecular flexibility index (Phi) is 2.34. The van der Waals surface area contributed by atoms with Crippen LogP contribution in [0.1, 0.15) is 12.3 Å². The second-order valence-corrected chi connectivity index (χ2v) is 3.98. The Morgan fingerprint density at radius 2 is 2.35 bits per heavy atom. The molecular weight excluding hydrogens is 222 g/mol. The van der Waals surface area contributed by atoms with Crippen LogP contribution in [0.15, 0.2) is 23.1 Å². The average Bonchev–Trinajstić information content (AvgIpc) is 2.99. The van der Waals surface area contributed by atoms with Crippen LogP contribution in [0.3, 0.4) is 0 Å². The van der Waals surface area contributed by atoms with Crippen LogP contribution in [0, 0.1) is 0 Å². The lowest BCUT2D eigenvalue weighted by Gasteiger charge is -2.14. The van der Waals surface area contributed by atoms with Gasteiger partial charge in [-0.2, -0.15) is 4.98 Å². The summed E-state index contributed by atoms with van der Waals surface area (Å²) in [7, 11) is 0. The predicted molar refractivity (Wildman–Crippen MR) is 56.6 cm³/mol. The maximum Gasteiger partial charge on any atom is 0.249 e. The zero-order valence-corrected chi connectivity index (χ0v) is 9.04. The molecule has 0 aliphatic carbocycles. The molecule has 2 aromatic rings. The Hall–Kier alpha value is -1.86. The van der Waals surface area contributed by atoms with Crippen LogP contribution in [-0.2, 0) is 10.3 Å². The first kappa shape index (κ1) is 10.3. The fraction of sp³-hybridized carbons (Fsp3) is 0.400. The van der Waals surface area contributed by atoms with E-state index in [9.17, 15) is 0 Å². The zero-order valence-electron chi connectivity index (χ0n) is 9.04. The van der Waals surface area contributed by atoms with Gasteiger partial charge in [-0.1, -0.05) is 5.16 Å². The summed E-state index contributed by atoms with van der Waals surface area (Å²) >= 11 is 0. The van der Waals surface area contributed by atoms with Gasteiger partial charge in [0.2, 0.25) is 11.7 Å². The number of aromatic nitrogens is 4. The van der Waals surface area contributed by atoms with Gasteiger partial charge in [0.1, 0.15) is 17.6 Å². The molecule has 0 bridgehead atoms. The van der Waals surface area contributed by atoms with Crippen molar-refractivity contribution in [2.75, 3.05) is 13.2 Å². The Morgan fingerprint density at radius 1 is 1.41 bits per heavy atom. The van der Waals surface area contributed by atoms with E-state index in [0.717, 1.165) is 0 Å². The number of rotatable bonds is 2. The van der Waals surface area contributed by atoms with Crippen molar-refractivity contribution in [1.29, 1.82) is 0 Å². The van der Waals surface area contributed by atoms with Gasteiger partial charge in [0.05, 0.1) is 6.61 Å². The van der Waals surface area contributed by atoms with Crippen molar-refractivity contribution in [3.8, 4) is 11.5 Å². The Labute approximate surface area is 97.0 Å². The van der Waals surface area contributed by atoms with Gasteiger partial charge in [-0.3, -0.25) is 0 Å². The summed E-state index contributed by atoms with van der Waals surface area (Å²) in [6.45, 7) is 1.01. The van der Waals surface area contributed by atoms with Crippen molar-refractivity contribution in [2.45, 2.75) is 12.0 Å². The molecule has 7 nitrogen and oxygen atoms in total. The molecule has 1 aliphatic heterocycles. The highest BCUT2D eigenvalue weighted by Crippen LogP contribution is 2.27. The van der Waals surface area contributed by atoms with E-state index in [4.69, 9.17) is 15.0 Å². The lowest BCUT2D eigenvalue weighted by Crippen LogP contribution is -2.37. The van der Waals surface area contributed by atoms with Crippen molar-refractivity contribution in [1.82, 2.24) is 20.1 Å². The third-order valence-corrected chi connectivity index (χ3v) is 2.72. The molecule has 1 atom stereocenters. The van der Waals surface area contributed by atoms with E-state index >= 15 is 0 Å². The summed E-state index contributed by atoms with van der Waals surface area (Å²) in [6, 6.07) is 1.71. The topological polar surface area (TPSA) is 100.0 Å². The summed E-state index contributed by atoms with van der Waals surface area (Å²) in [5.41, 5.74) is 6.06. The second-order valence-electron chi connectivity index (χ2n) is 3.98. The fourth-order valence-corrected chi connectivity index (χ4v) is 1.70. The van der Waals surface area contributed by atoms with E-state index in [-0.39, 0.29) is 0 Å². The average molecular weight is 233 g/mol. The van der Waals surface area contributed by atoms with Crippen molar-refractivity contribution in [3.05, 3.63) is 24.5 Å². The molecule has 3 rings (SSSR count). The van der Waals surface area contributed by atoms with Crippen molar-refractivity contribution in [3.63, 3.8) is 0 Å². The van der Waals surface area contributed by atoms with Crippen LogP contribution in [-0.4, -0.2) is 33.3 Å². The molecule has 1 saturated heterocycles. The highest BCUT2D eigenvalue weighted by Gasteiger charge is 2.38. The molecule has 0 spiro atoms. The molecule has 0 amide bonds. The molecule has 0 radical (unpaired) electrons. The number of nitrogens with zero attached hydrogens (tertiary/aromatic N) is 4. The van der Waals surface area contributed by atoms with Crippen LogP contribution in [0.25, 0.3) is 11.5 Å². The van der Waals surface area contributed by atoms with Gasteiger partial charge >= 0.3 is 0 Å². The lowest BCUT2D eigenvalue weighted by molar-refractivity contribution is 0.166. The first-order valence-corrected chi connectivity index (χ1v) is 5.25. The van der Waals surface area contributed by atoms with E-state index in [1.165, 1.54) is 6.33 Å². The van der Waals surface area contributed by atoms with Crippen molar-refractivity contribution in [2.24, 2.45) is 5.73 Å². The minimum Gasteiger partial charge on any atom is -0.379 e. The van der Waals surface area contributed by atoms with Crippen LogP contribution in [0.2, 0.25) is 0 Å². The first-order valence-electron chi connectivity index (χ1n) is 5.25. The summed E-state index contributed by atoms with van der Waals surface area (Å²) in [4.78, 5) is 12.1. The largest absolute Gasteiger partial charge is 0.379 e. The first-order chi connectivity index (χ1) is 8.28. The molecule has 17 heavy (non-hydrogen) atoms. The zero-order chi connectivity index (χ0) is 11.7. The van der Waals surface area contributed by atoms with E-state index in [2.05, 4.69) is 20.1 Å². The number of hydrogen-bond acceptors (Lipinski definition) is 7. The van der Waals surface area contributed by atoms with Crippen LogP contribution in [0.4, 0.5) is 0 Å². The van der Waals surface area contributed by atoms with Crippen LogP contribution < -0.4 is 5.73 Å². The number of nitrogens with two attached hydrogens (primary N) is 1. The van der Waals surface area contributed by atoms with Gasteiger partial charge in [-0.25, -0.2) is 9.97 Å². The molecule has 1 aliphatic rings. The Morgan fingerprint density at radius 3 is 3.06 bits per heavy atom. The molecule has 0 aromatic carbocycles. The minimum atomic E-state index is -0.668. The van der Waals surface area contributed by atoms with Crippen molar-refractivity contribution < 1.29 is 9.26 Å². The predicted octanol–water partition coefficient (Wildman–Crippen LogP) is 0.101. The highest BCUT2D eigenvalue weighted by atomic mass is 16.5. The van der Waals surface area contributed by atoms with E-state index in [1.807, 2.05) is 0 Å². The number of ether oxygens (including phenoxy) is 1. The summed E-state index contributed by atoms with van der Waals surface area (Å²) < 4.78 is 10.4. The Bertz CT molecular complexity index is 506. The number of hydrogen-bond donors (Lipinski definition) is 1. The summed E-state index contributed by atoms with van der Waals surface area (Å²) in [5.74, 6) is 0.808. The molecule has 2 N–H and O–H groups in total. The Balaban J connectivity index is 1.93. The third-order valence-electron chi connectivity index (χ3n) is 2.72. The monoisotopic (exact) mass is 233 g/mol. The van der Waals surface area contributed by atoms with Gasteiger partial charge in [0, 0.05) is 12.8 Å². The molecule has 3 heterocycles. The van der Waals surface area contributed by atoms with Gasteiger partial charge in [-0.05, 0) is 12.5 Å². The molecule has 1 fully saturated rings. The minimum absolute atomic E-state index is 0.392. The van der Waals surface area contributed by atoms with E-state index in [0.29, 0.717) is 37.0 Å². The maximum absolute atomic E-state index is 6.12. The lowest BCUT2D eigenvalue weighted by atomic mass is 10.0. The van der Waals surface area contributed by atoms with E-state index < -0.39 is 5.54 Å². The second kappa shape index (κ2) is 3.86. The van der Waals surface area contributed by atoms with Crippen LogP contribution in [0.5, 0.6) is 0 Å². The molecule has 88 valence electrons. The van der Waals surface area contributed by atoms with Gasteiger partial charge in [-0.15, -0.1) is 0 Å². The quantitative estimate of drug-likeness (QED) is 0.785. The maximum atomic E-state index is 6.12. The SMILES string of the molecule is NC1(c2nc(-c3ccncn3)no2)CCOC1. The molecule has 7 heteroatoms. The molecule has 1 unspecified atom stereocenters. The third kappa shape index (κ3) is 1.79. The van der Waals surface area contributed by atoms with Gasteiger partial charge < -0.3 is 15.0 Å². The highest BCUT2D eigenvalue weighted by molar-refractivity contribution is 5.46. The van der Waals surface area contributed by atoms with Gasteiger partial charge in [0.25, 0.3) is 0 Å².